The zero-order chi connectivity index (χ0) is 12.6. The second kappa shape index (κ2) is 4.82. The molecule has 0 aromatic heterocycles. The zero-order valence-corrected chi connectivity index (χ0v) is 11.0. The van der Waals surface area contributed by atoms with Crippen LogP contribution in [0.15, 0.2) is 0 Å². The molecule has 0 aromatic rings. The van der Waals surface area contributed by atoms with E-state index in [1.54, 1.807) is 0 Å². The summed E-state index contributed by atoms with van der Waals surface area (Å²) in [5, 5.41) is 3.16. The molecule has 2 saturated carbocycles. The fraction of sp³-hybridized carbons (Fsp3) is 0.929. The lowest BCUT2D eigenvalue weighted by Crippen LogP contribution is -2.47. The summed E-state index contributed by atoms with van der Waals surface area (Å²) in [5.41, 5.74) is 6.01. The average molecular weight is 252 g/mol. The third-order valence-electron chi connectivity index (χ3n) is 4.68. The Balaban J connectivity index is 1.50. The van der Waals surface area contributed by atoms with Gasteiger partial charge in [-0.05, 0) is 38.0 Å². The Hall–Kier alpha value is -0.610. The number of hydrogen-bond acceptors (Lipinski definition) is 3. The number of amides is 1. The summed E-state index contributed by atoms with van der Waals surface area (Å²) >= 11 is 0. The number of rotatable bonds is 4. The first-order valence-electron chi connectivity index (χ1n) is 7.36. The number of carbonyl (C=O) groups excluding carboxylic acids is 1. The van der Waals surface area contributed by atoms with Gasteiger partial charge in [-0.15, -0.1) is 0 Å². The number of nitrogens with two attached hydrogens (primary N) is 1. The maximum absolute atomic E-state index is 12.1. The van der Waals surface area contributed by atoms with Crippen molar-refractivity contribution in [3.63, 3.8) is 0 Å². The Morgan fingerprint density at radius 2 is 2.00 bits per heavy atom. The van der Waals surface area contributed by atoms with Gasteiger partial charge >= 0.3 is 0 Å². The maximum Gasteiger partial charge on any atom is 0.222 e. The Morgan fingerprint density at radius 3 is 2.67 bits per heavy atom. The molecule has 2 aliphatic carbocycles. The van der Waals surface area contributed by atoms with Crippen LogP contribution in [0.1, 0.15) is 51.4 Å². The molecule has 1 amide bonds. The first-order valence-corrected chi connectivity index (χ1v) is 7.36. The molecule has 3 fully saturated rings. The Labute approximate surface area is 109 Å². The van der Waals surface area contributed by atoms with E-state index in [1.807, 2.05) is 0 Å². The van der Waals surface area contributed by atoms with E-state index in [1.165, 1.54) is 25.7 Å². The van der Waals surface area contributed by atoms with Gasteiger partial charge in [0.05, 0.1) is 12.1 Å². The highest BCUT2D eigenvalue weighted by Crippen LogP contribution is 2.39. The lowest BCUT2D eigenvalue weighted by Gasteiger charge is -2.25. The molecular weight excluding hydrogens is 228 g/mol. The van der Waals surface area contributed by atoms with Gasteiger partial charge in [-0.1, -0.05) is 12.8 Å². The van der Waals surface area contributed by atoms with E-state index in [0.29, 0.717) is 12.3 Å². The molecule has 0 bridgehead atoms. The van der Waals surface area contributed by atoms with Crippen molar-refractivity contribution in [2.24, 2.45) is 11.7 Å². The minimum absolute atomic E-state index is 0.126. The predicted molar refractivity (Wildman–Crippen MR) is 69.0 cm³/mol. The molecule has 4 heteroatoms. The van der Waals surface area contributed by atoms with Crippen LogP contribution < -0.4 is 11.1 Å². The number of nitrogens with one attached hydrogen (secondary N) is 1. The standard InChI is InChI=1S/C14H24N2O2/c15-14(6-1-2-7-14)9-12(17)16-11-5-8-18-13(11)10-3-4-10/h10-11,13H,1-9,15H2,(H,16,17). The van der Waals surface area contributed by atoms with Crippen LogP contribution in [-0.4, -0.2) is 30.2 Å². The molecule has 1 heterocycles. The molecule has 3 aliphatic rings. The van der Waals surface area contributed by atoms with Gasteiger partial charge in [-0.3, -0.25) is 4.79 Å². The molecule has 0 spiro atoms. The summed E-state index contributed by atoms with van der Waals surface area (Å²) in [4.78, 5) is 12.1. The van der Waals surface area contributed by atoms with Crippen molar-refractivity contribution in [2.75, 3.05) is 6.61 Å². The molecule has 102 valence electrons. The van der Waals surface area contributed by atoms with E-state index in [9.17, 15) is 4.79 Å². The molecule has 18 heavy (non-hydrogen) atoms. The number of hydrogen-bond donors (Lipinski definition) is 2. The van der Waals surface area contributed by atoms with Crippen molar-refractivity contribution in [1.29, 1.82) is 0 Å². The van der Waals surface area contributed by atoms with E-state index < -0.39 is 0 Å². The normalized spacial score (nSPS) is 34.7. The molecule has 4 nitrogen and oxygen atoms in total. The molecular formula is C14H24N2O2. The largest absolute Gasteiger partial charge is 0.376 e. The monoisotopic (exact) mass is 252 g/mol. The van der Waals surface area contributed by atoms with Crippen LogP contribution in [0.5, 0.6) is 0 Å². The second-order valence-electron chi connectivity index (χ2n) is 6.38. The van der Waals surface area contributed by atoms with Crippen LogP contribution in [0.3, 0.4) is 0 Å². The van der Waals surface area contributed by atoms with E-state index in [4.69, 9.17) is 10.5 Å². The summed E-state index contributed by atoms with van der Waals surface area (Å²) in [7, 11) is 0. The summed E-state index contributed by atoms with van der Waals surface area (Å²) in [5.74, 6) is 0.816. The van der Waals surface area contributed by atoms with Gasteiger partial charge in [0.15, 0.2) is 0 Å². The summed E-state index contributed by atoms with van der Waals surface area (Å²) in [6, 6.07) is 0.231. The highest BCUT2D eigenvalue weighted by molar-refractivity contribution is 5.77. The van der Waals surface area contributed by atoms with Crippen LogP contribution in [0.25, 0.3) is 0 Å². The topological polar surface area (TPSA) is 64.4 Å². The van der Waals surface area contributed by atoms with Crippen molar-refractivity contribution in [3.05, 3.63) is 0 Å². The van der Waals surface area contributed by atoms with E-state index in [-0.39, 0.29) is 23.6 Å². The van der Waals surface area contributed by atoms with Crippen LogP contribution in [0, 0.1) is 5.92 Å². The van der Waals surface area contributed by atoms with Gasteiger partial charge in [0.1, 0.15) is 0 Å². The summed E-state index contributed by atoms with van der Waals surface area (Å²) in [6.07, 6.45) is 8.57. The first-order chi connectivity index (χ1) is 8.66. The minimum Gasteiger partial charge on any atom is -0.376 e. The predicted octanol–water partition coefficient (Wildman–Crippen LogP) is 1.33. The first kappa shape index (κ1) is 12.4. The van der Waals surface area contributed by atoms with Crippen LogP contribution >= 0.6 is 0 Å². The molecule has 3 rings (SSSR count). The maximum atomic E-state index is 12.1. The Bertz CT molecular complexity index is 322. The fourth-order valence-corrected chi connectivity index (χ4v) is 3.49. The second-order valence-corrected chi connectivity index (χ2v) is 6.38. The average Bonchev–Trinajstić information content (AvgIpc) is 2.92. The van der Waals surface area contributed by atoms with Gasteiger partial charge in [0.2, 0.25) is 5.91 Å². The van der Waals surface area contributed by atoms with Crippen molar-refractivity contribution in [2.45, 2.75) is 69.1 Å². The van der Waals surface area contributed by atoms with Crippen molar-refractivity contribution in [3.8, 4) is 0 Å². The molecule has 3 N–H and O–H groups in total. The molecule has 2 atom stereocenters. The lowest BCUT2D eigenvalue weighted by atomic mass is 9.94. The summed E-state index contributed by atoms with van der Waals surface area (Å²) < 4.78 is 5.74. The molecule has 0 aromatic carbocycles. The van der Waals surface area contributed by atoms with Gasteiger partial charge in [0.25, 0.3) is 0 Å². The SMILES string of the molecule is NC1(CC(=O)NC2CCOC2C2CC2)CCCC1. The van der Waals surface area contributed by atoms with Gasteiger partial charge in [0, 0.05) is 18.6 Å². The van der Waals surface area contributed by atoms with Gasteiger partial charge in [-0.25, -0.2) is 0 Å². The zero-order valence-electron chi connectivity index (χ0n) is 11.0. The molecule has 2 unspecified atom stereocenters. The van der Waals surface area contributed by atoms with E-state index in [2.05, 4.69) is 5.32 Å². The van der Waals surface area contributed by atoms with Crippen LogP contribution in [0.4, 0.5) is 0 Å². The smallest absolute Gasteiger partial charge is 0.222 e. The summed E-state index contributed by atoms with van der Waals surface area (Å²) in [6.45, 7) is 0.792. The van der Waals surface area contributed by atoms with Crippen molar-refractivity contribution in [1.82, 2.24) is 5.32 Å². The molecule has 1 aliphatic heterocycles. The van der Waals surface area contributed by atoms with Crippen LogP contribution in [0.2, 0.25) is 0 Å². The molecule has 0 radical (unpaired) electrons. The van der Waals surface area contributed by atoms with Crippen LogP contribution in [-0.2, 0) is 9.53 Å². The highest BCUT2D eigenvalue weighted by Gasteiger charge is 2.41. The van der Waals surface area contributed by atoms with Gasteiger partial charge in [-0.2, -0.15) is 0 Å². The highest BCUT2D eigenvalue weighted by atomic mass is 16.5. The fourth-order valence-electron chi connectivity index (χ4n) is 3.49. The van der Waals surface area contributed by atoms with Gasteiger partial charge < -0.3 is 15.8 Å². The van der Waals surface area contributed by atoms with Crippen molar-refractivity contribution >= 4 is 5.91 Å². The quantitative estimate of drug-likeness (QED) is 0.793. The van der Waals surface area contributed by atoms with E-state index in [0.717, 1.165) is 25.9 Å². The number of ether oxygens (including phenoxy) is 1. The Kier molecular flexibility index (Phi) is 3.32. The molecule has 1 saturated heterocycles. The Morgan fingerprint density at radius 1 is 1.28 bits per heavy atom. The lowest BCUT2D eigenvalue weighted by molar-refractivity contribution is -0.123. The minimum atomic E-state index is -0.237. The third-order valence-corrected chi connectivity index (χ3v) is 4.68. The van der Waals surface area contributed by atoms with Crippen molar-refractivity contribution < 1.29 is 9.53 Å². The number of carbonyl (C=O) groups is 1. The van der Waals surface area contributed by atoms with E-state index >= 15 is 0 Å². The third kappa shape index (κ3) is 2.69.